The first-order chi connectivity index (χ1) is 8.67. The number of likely N-dealkylation sites (N-methyl/N-ethyl adjacent to an activating group) is 2. The summed E-state index contributed by atoms with van der Waals surface area (Å²) in [5.74, 6) is 0.728. The van der Waals surface area contributed by atoms with Crippen LogP contribution in [-0.4, -0.2) is 31.1 Å². The van der Waals surface area contributed by atoms with E-state index in [-0.39, 0.29) is 0 Å². The number of benzene rings is 1. The highest BCUT2D eigenvalue weighted by Crippen LogP contribution is 2.34. The normalized spacial score (nSPS) is 22.8. The Hall–Kier alpha value is -0.860. The van der Waals surface area contributed by atoms with Gasteiger partial charge in [-0.25, -0.2) is 0 Å². The van der Waals surface area contributed by atoms with Crippen molar-refractivity contribution in [3.05, 3.63) is 35.4 Å². The molecule has 1 aromatic carbocycles. The third-order valence-electron chi connectivity index (χ3n) is 3.99. The molecule has 1 aliphatic rings. The van der Waals surface area contributed by atoms with Gasteiger partial charge >= 0.3 is 0 Å². The van der Waals surface area contributed by atoms with E-state index >= 15 is 0 Å². The first-order valence-corrected chi connectivity index (χ1v) is 7.16. The third kappa shape index (κ3) is 2.60. The minimum Gasteiger partial charge on any atom is -0.312 e. The SMILES string of the molecule is CCN(CC(C)C)C1Cc2ccccc2C1NC. The van der Waals surface area contributed by atoms with Gasteiger partial charge in [0.05, 0.1) is 0 Å². The van der Waals surface area contributed by atoms with Crippen molar-refractivity contribution in [1.29, 1.82) is 0 Å². The average molecular weight is 246 g/mol. The number of nitrogens with zero attached hydrogens (tertiary/aromatic N) is 1. The molecule has 0 radical (unpaired) electrons. The van der Waals surface area contributed by atoms with E-state index in [1.54, 1.807) is 0 Å². The van der Waals surface area contributed by atoms with E-state index in [0.717, 1.165) is 12.5 Å². The Morgan fingerprint density at radius 3 is 2.67 bits per heavy atom. The molecule has 2 atom stereocenters. The van der Waals surface area contributed by atoms with E-state index in [1.807, 2.05) is 0 Å². The molecule has 0 fully saturated rings. The number of hydrogen-bond acceptors (Lipinski definition) is 2. The first-order valence-electron chi connectivity index (χ1n) is 7.16. The zero-order valence-electron chi connectivity index (χ0n) is 12.1. The number of fused-ring (bicyclic) bond motifs is 1. The second-order valence-corrected chi connectivity index (χ2v) is 5.72. The average Bonchev–Trinajstić information content (AvgIpc) is 2.73. The lowest BCUT2D eigenvalue weighted by molar-refractivity contribution is 0.159. The van der Waals surface area contributed by atoms with E-state index in [4.69, 9.17) is 0 Å². The van der Waals surface area contributed by atoms with Crippen molar-refractivity contribution in [1.82, 2.24) is 10.2 Å². The summed E-state index contributed by atoms with van der Waals surface area (Å²) >= 11 is 0. The lowest BCUT2D eigenvalue weighted by atomic mass is 10.0. The highest BCUT2D eigenvalue weighted by molar-refractivity contribution is 5.37. The predicted molar refractivity (Wildman–Crippen MR) is 77.8 cm³/mol. The van der Waals surface area contributed by atoms with Crippen molar-refractivity contribution in [2.24, 2.45) is 5.92 Å². The van der Waals surface area contributed by atoms with Crippen LogP contribution in [0, 0.1) is 5.92 Å². The van der Waals surface area contributed by atoms with Crippen LogP contribution in [0.5, 0.6) is 0 Å². The molecule has 1 aliphatic carbocycles. The van der Waals surface area contributed by atoms with Crippen molar-refractivity contribution in [3.8, 4) is 0 Å². The molecule has 0 aliphatic heterocycles. The smallest absolute Gasteiger partial charge is 0.0481 e. The molecule has 0 heterocycles. The number of nitrogens with one attached hydrogen (secondary N) is 1. The third-order valence-corrected chi connectivity index (χ3v) is 3.99. The number of rotatable bonds is 5. The zero-order valence-corrected chi connectivity index (χ0v) is 12.1. The summed E-state index contributed by atoms with van der Waals surface area (Å²) < 4.78 is 0. The molecular formula is C16H26N2. The monoisotopic (exact) mass is 246 g/mol. The van der Waals surface area contributed by atoms with Gasteiger partial charge in [0, 0.05) is 18.6 Å². The van der Waals surface area contributed by atoms with Crippen LogP contribution >= 0.6 is 0 Å². The molecule has 0 spiro atoms. The minimum atomic E-state index is 0.486. The molecule has 100 valence electrons. The predicted octanol–water partition coefficient (Wildman–Crippen LogP) is 2.85. The van der Waals surface area contributed by atoms with Crippen LogP contribution in [0.25, 0.3) is 0 Å². The van der Waals surface area contributed by atoms with Crippen molar-refractivity contribution < 1.29 is 0 Å². The summed E-state index contributed by atoms with van der Waals surface area (Å²) in [7, 11) is 2.09. The summed E-state index contributed by atoms with van der Waals surface area (Å²) in [6, 6.07) is 9.97. The lowest BCUT2D eigenvalue weighted by Crippen LogP contribution is -2.43. The molecule has 2 rings (SSSR count). The van der Waals surface area contributed by atoms with E-state index in [9.17, 15) is 0 Å². The van der Waals surface area contributed by atoms with Crippen molar-refractivity contribution >= 4 is 0 Å². The van der Waals surface area contributed by atoms with Gasteiger partial charge in [0.1, 0.15) is 0 Å². The summed E-state index contributed by atoms with van der Waals surface area (Å²) in [5, 5.41) is 3.52. The maximum absolute atomic E-state index is 3.52. The molecule has 0 bridgehead atoms. The van der Waals surface area contributed by atoms with Crippen LogP contribution in [0.4, 0.5) is 0 Å². The van der Waals surface area contributed by atoms with Gasteiger partial charge in [-0.1, -0.05) is 45.0 Å². The second-order valence-electron chi connectivity index (χ2n) is 5.72. The first kappa shape index (κ1) is 13.6. The van der Waals surface area contributed by atoms with Gasteiger partial charge in [0.2, 0.25) is 0 Å². The molecule has 1 aromatic rings. The largest absolute Gasteiger partial charge is 0.312 e. The van der Waals surface area contributed by atoms with E-state index in [1.165, 1.54) is 24.1 Å². The van der Waals surface area contributed by atoms with Crippen LogP contribution in [0.3, 0.4) is 0 Å². The van der Waals surface area contributed by atoms with Gasteiger partial charge in [0.25, 0.3) is 0 Å². The van der Waals surface area contributed by atoms with Crippen LogP contribution in [0.2, 0.25) is 0 Å². The molecule has 18 heavy (non-hydrogen) atoms. The van der Waals surface area contributed by atoms with E-state index in [2.05, 4.69) is 62.3 Å². The highest BCUT2D eigenvalue weighted by Gasteiger charge is 2.34. The van der Waals surface area contributed by atoms with Gasteiger partial charge in [0.15, 0.2) is 0 Å². The summed E-state index contributed by atoms with van der Waals surface area (Å²) in [6.45, 7) is 9.21. The Morgan fingerprint density at radius 2 is 2.06 bits per heavy atom. The molecule has 0 saturated carbocycles. The van der Waals surface area contributed by atoms with E-state index in [0.29, 0.717) is 12.1 Å². The molecule has 0 aromatic heterocycles. The van der Waals surface area contributed by atoms with Crippen LogP contribution in [-0.2, 0) is 6.42 Å². The van der Waals surface area contributed by atoms with Gasteiger partial charge in [-0.2, -0.15) is 0 Å². The topological polar surface area (TPSA) is 15.3 Å². The Morgan fingerprint density at radius 1 is 1.33 bits per heavy atom. The van der Waals surface area contributed by atoms with Gasteiger partial charge in [-0.3, -0.25) is 4.90 Å². The quantitative estimate of drug-likeness (QED) is 0.859. The van der Waals surface area contributed by atoms with Crippen molar-refractivity contribution in [2.75, 3.05) is 20.1 Å². The maximum Gasteiger partial charge on any atom is 0.0481 e. The van der Waals surface area contributed by atoms with Crippen molar-refractivity contribution in [2.45, 2.75) is 39.3 Å². The van der Waals surface area contributed by atoms with E-state index < -0.39 is 0 Å². The van der Waals surface area contributed by atoms with Gasteiger partial charge < -0.3 is 5.32 Å². The van der Waals surface area contributed by atoms with Gasteiger partial charge in [-0.15, -0.1) is 0 Å². The summed E-state index contributed by atoms with van der Waals surface area (Å²) in [6.07, 6.45) is 1.18. The second kappa shape index (κ2) is 5.85. The molecule has 1 N–H and O–H groups in total. The minimum absolute atomic E-state index is 0.486. The zero-order chi connectivity index (χ0) is 13.1. The van der Waals surface area contributed by atoms with Crippen LogP contribution < -0.4 is 5.32 Å². The van der Waals surface area contributed by atoms with Crippen LogP contribution in [0.1, 0.15) is 37.9 Å². The Labute approximate surface area is 111 Å². The molecule has 2 heteroatoms. The van der Waals surface area contributed by atoms with Gasteiger partial charge in [-0.05, 0) is 37.1 Å². The fourth-order valence-electron chi connectivity index (χ4n) is 3.23. The highest BCUT2D eigenvalue weighted by atomic mass is 15.2. The Bertz CT molecular complexity index is 386. The fourth-order valence-corrected chi connectivity index (χ4v) is 3.23. The number of hydrogen-bond donors (Lipinski definition) is 1. The molecule has 2 nitrogen and oxygen atoms in total. The summed E-state index contributed by atoms with van der Waals surface area (Å²) in [5.41, 5.74) is 3.01. The lowest BCUT2D eigenvalue weighted by Gasteiger charge is -2.33. The van der Waals surface area contributed by atoms with Crippen LogP contribution in [0.15, 0.2) is 24.3 Å². The molecule has 0 amide bonds. The Kier molecular flexibility index (Phi) is 4.41. The maximum atomic E-state index is 3.52. The Balaban J connectivity index is 2.20. The molecule has 0 saturated heterocycles. The van der Waals surface area contributed by atoms with Crippen molar-refractivity contribution in [3.63, 3.8) is 0 Å². The molecule has 2 unspecified atom stereocenters. The molecular weight excluding hydrogens is 220 g/mol. The standard InChI is InChI=1S/C16H26N2/c1-5-18(11-12(2)3)15-10-13-8-6-7-9-14(13)16(15)17-4/h6-9,12,15-17H,5,10-11H2,1-4H3. The summed E-state index contributed by atoms with van der Waals surface area (Å²) in [4.78, 5) is 2.63. The fraction of sp³-hybridized carbons (Fsp3) is 0.625.